The zero-order valence-electron chi connectivity index (χ0n) is 8.03. The fourth-order valence-electron chi connectivity index (χ4n) is 1.57. The molecule has 1 saturated carbocycles. The van der Waals surface area contributed by atoms with Gasteiger partial charge in [0.2, 0.25) is 0 Å². The minimum absolute atomic E-state index is 0.374. The second-order valence-corrected chi connectivity index (χ2v) is 3.45. The summed E-state index contributed by atoms with van der Waals surface area (Å²) >= 11 is 0. The van der Waals surface area contributed by atoms with Crippen molar-refractivity contribution < 1.29 is 4.74 Å². The molecule has 0 radical (unpaired) electrons. The van der Waals surface area contributed by atoms with Crippen LogP contribution < -0.4 is 5.73 Å². The summed E-state index contributed by atoms with van der Waals surface area (Å²) < 4.78 is 7.18. The average Bonchev–Trinajstić information content (AvgIpc) is 2.76. The summed E-state index contributed by atoms with van der Waals surface area (Å²) in [6, 6.07) is 1.93. The van der Waals surface area contributed by atoms with Crippen LogP contribution in [0.15, 0.2) is 6.07 Å². The van der Waals surface area contributed by atoms with Crippen molar-refractivity contribution >= 4 is 5.82 Å². The van der Waals surface area contributed by atoms with Crippen molar-refractivity contribution in [3.05, 3.63) is 11.8 Å². The molecule has 0 spiro atoms. The highest BCUT2D eigenvalue weighted by Crippen LogP contribution is 2.42. The quantitative estimate of drug-likeness (QED) is 0.753. The van der Waals surface area contributed by atoms with Crippen LogP contribution in [-0.2, 0) is 11.8 Å². The summed E-state index contributed by atoms with van der Waals surface area (Å²) in [5, 5.41) is 4.32. The van der Waals surface area contributed by atoms with Crippen molar-refractivity contribution in [3.8, 4) is 0 Å². The summed E-state index contributed by atoms with van der Waals surface area (Å²) in [5.74, 6) is 1.19. The third-order valence-electron chi connectivity index (χ3n) is 2.43. The summed E-state index contributed by atoms with van der Waals surface area (Å²) in [6.07, 6.45) is 1.46. The van der Waals surface area contributed by atoms with Gasteiger partial charge in [0.1, 0.15) is 5.82 Å². The Bertz CT molecular complexity index is 288. The fourth-order valence-corrected chi connectivity index (χ4v) is 1.57. The number of anilines is 1. The Kier molecular flexibility index (Phi) is 2.00. The van der Waals surface area contributed by atoms with Gasteiger partial charge in [-0.2, -0.15) is 5.10 Å². The lowest BCUT2D eigenvalue weighted by Gasteiger charge is -1.95. The Morgan fingerprint density at radius 3 is 3.08 bits per heavy atom. The van der Waals surface area contributed by atoms with Gasteiger partial charge in [0.25, 0.3) is 0 Å². The Balaban J connectivity index is 2.03. The first-order valence-corrected chi connectivity index (χ1v) is 4.63. The molecule has 0 amide bonds. The lowest BCUT2D eigenvalue weighted by molar-refractivity contribution is 0.128. The van der Waals surface area contributed by atoms with Crippen LogP contribution in [-0.4, -0.2) is 22.5 Å². The molecule has 0 saturated heterocycles. The summed E-state index contributed by atoms with van der Waals surface area (Å²) in [7, 11) is 1.86. The van der Waals surface area contributed by atoms with Crippen molar-refractivity contribution in [3.63, 3.8) is 0 Å². The summed E-state index contributed by atoms with van der Waals surface area (Å²) in [4.78, 5) is 0. The molecular weight excluding hydrogens is 166 g/mol. The molecule has 72 valence electrons. The smallest absolute Gasteiger partial charge is 0.121 e. The van der Waals surface area contributed by atoms with Gasteiger partial charge in [0.15, 0.2) is 0 Å². The Labute approximate surface area is 77.7 Å². The fraction of sp³-hybridized carbons (Fsp3) is 0.667. The van der Waals surface area contributed by atoms with Gasteiger partial charge in [-0.25, -0.2) is 0 Å². The van der Waals surface area contributed by atoms with E-state index >= 15 is 0 Å². The topological polar surface area (TPSA) is 53.1 Å². The van der Waals surface area contributed by atoms with E-state index in [9.17, 15) is 0 Å². The Morgan fingerprint density at radius 2 is 2.54 bits per heavy atom. The van der Waals surface area contributed by atoms with Crippen LogP contribution in [0.25, 0.3) is 0 Å². The molecule has 13 heavy (non-hydrogen) atoms. The molecule has 1 heterocycles. The molecule has 2 N–H and O–H groups in total. The summed E-state index contributed by atoms with van der Waals surface area (Å²) in [6.45, 7) is 2.80. The van der Waals surface area contributed by atoms with Gasteiger partial charge >= 0.3 is 0 Å². The normalized spacial score (nSPS) is 26.3. The van der Waals surface area contributed by atoms with E-state index in [2.05, 4.69) is 5.10 Å². The Hall–Kier alpha value is -1.03. The second-order valence-electron chi connectivity index (χ2n) is 3.45. The summed E-state index contributed by atoms with van der Waals surface area (Å²) in [5.41, 5.74) is 6.75. The van der Waals surface area contributed by atoms with Gasteiger partial charge in [-0.3, -0.25) is 4.68 Å². The molecule has 1 aromatic heterocycles. The Morgan fingerprint density at radius 1 is 1.77 bits per heavy atom. The standard InChI is InChI=1S/C9H15N3O/c1-3-13-8-4-6(8)7-5-9(10)12(2)11-7/h5-6,8H,3-4,10H2,1-2H3. The lowest BCUT2D eigenvalue weighted by Crippen LogP contribution is -1.98. The molecule has 1 aliphatic rings. The van der Waals surface area contributed by atoms with E-state index in [0.29, 0.717) is 12.0 Å². The highest BCUT2D eigenvalue weighted by molar-refractivity contribution is 5.34. The van der Waals surface area contributed by atoms with E-state index in [4.69, 9.17) is 10.5 Å². The van der Waals surface area contributed by atoms with Crippen LogP contribution in [0.2, 0.25) is 0 Å². The van der Waals surface area contributed by atoms with E-state index in [1.165, 1.54) is 0 Å². The van der Waals surface area contributed by atoms with E-state index in [1.807, 2.05) is 20.0 Å². The number of hydrogen-bond donors (Lipinski definition) is 1. The SMILES string of the molecule is CCOC1CC1c1cc(N)n(C)n1. The maximum absolute atomic E-state index is 5.69. The monoisotopic (exact) mass is 181 g/mol. The van der Waals surface area contributed by atoms with E-state index in [-0.39, 0.29) is 0 Å². The molecule has 1 fully saturated rings. The zero-order valence-corrected chi connectivity index (χ0v) is 8.03. The van der Waals surface area contributed by atoms with Crippen LogP contribution >= 0.6 is 0 Å². The lowest BCUT2D eigenvalue weighted by atomic mass is 10.3. The van der Waals surface area contributed by atoms with Gasteiger partial charge in [0, 0.05) is 25.6 Å². The van der Waals surface area contributed by atoms with E-state index in [0.717, 1.165) is 24.5 Å². The predicted octanol–water partition coefficient (Wildman–Crippen LogP) is 0.895. The van der Waals surface area contributed by atoms with E-state index in [1.54, 1.807) is 4.68 Å². The number of aromatic nitrogens is 2. The molecule has 1 aromatic rings. The molecule has 0 aromatic carbocycles. The van der Waals surface area contributed by atoms with Crippen LogP contribution in [0.4, 0.5) is 5.82 Å². The number of rotatable bonds is 3. The van der Waals surface area contributed by atoms with Crippen LogP contribution in [0.1, 0.15) is 25.0 Å². The molecule has 0 aliphatic heterocycles. The average molecular weight is 181 g/mol. The molecular formula is C9H15N3O. The number of nitrogens with zero attached hydrogens (tertiary/aromatic N) is 2. The molecule has 2 atom stereocenters. The van der Waals surface area contributed by atoms with Gasteiger partial charge < -0.3 is 10.5 Å². The molecule has 2 unspecified atom stereocenters. The van der Waals surface area contributed by atoms with Gasteiger partial charge in [-0.1, -0.05) is 0 Å². The number of nitrogen functional groups attached to an aromatic ring is 1. The number of nitrogens with two attached hydrogens (primary N) is 1. The number of hydrogen-bond acceptors (Lipinski definition) is 3. The first-order valence-electron chi connectivity index (χ1n) is 4.63. The number of aryl methyl sites for hydroxylation is 1. The van der Waals surface area contributed by atoms with Crippen molar-refractivity contribution in [2.45, 2.75) is 25.4 Å². The third kappa shape index (κ3) is 1.54. The molecule has 4 heteroatoms. The maximum Gasteiger partial charge on any atom is 0.121 e. The molecule has 0 bridgehead atoms. The molecule has 4 nitrogen and oxygen atoms in total. The zero-order chi connectivity index (χ0) is 9.42. The van der Waals surface area contributed by atoms with Crippen molar-refractivity contribution in [1.29, 1.82) is 0 Å². The third-order valence-corrected chi connectivity index (χ3v) is 2.43. The van der Waals surface area contributed by atoms with Crippen LogP contribution in [0.5, 0.6) is 0 Å². The minimum atomic E-state index is 0.374. The maximum atomic E-state index is 5.69. The first kappa shape index (κ1) is 8.56. The number of ether oxygens (including phenoxy) is 1. The molecule has 2 rings (SSSR count). The van der Waals surface area contributed by atoms with E-state index < -0.39 is 0 Å². The highest BCUT2D eigenvalue weighted by Gasteiger charge is 2.41. The minimum Gasteiger partial charge on any atom is -0.384 e. The van der Waals surface area contributed by atoms with Gasteiger partial charge in [-0.15, -0.1) is 0 Å². The van der Waals surface area contributed by atoms with Crippen molar-refractivity contribution in [2.24, 2.45) is 7.05 Å². The van der Waals surface area contributed by atoms with Crippen LogP contribution in [0.3, 0.4) is 0 Å². The second kappa shape index (κ2) is 3.03. The van der Waals surface area contributed by atoms with Crippen LogP contribution in [0, 0.1) is 0 Å². The predicted molar refractivity (Wildman–Crippen MR) is 50.4 cm³/mol. The van der Waals surface area contributed by atoms with Crippen molar-refractivity contribution in [1.82, 2.24) is 9.78 Å². The van der Waals surface area contributed by atoms with Gasteiger partial charge in [-0.05, 0) is 13.3 Å². The van der Waals surface area contributed by atoms with Crippen molar-refractivity contribution in [2.75, 3.05) is 12.3 Å². The van der Waals surface area contributed by atoms with Gasteiger partial charge in [0.05, 0.1) is 11.8 Å². The largest absolute Gasteiger partial charge is 0.384 e. The first-order chi connectivity index (χ1) is 6.22. The highest BCUT2D eigenvalue weighted by atomic mass is 16.5. The molecule has 1 aliphatic carbocycles.